The van der Waals surface area contributed by atoms with E-state index in [0.29, 0.717) is 6.54 Å². The standard InChI is InChI=1S/C7H5NS2.C2H7NO/c9-7-8-5-3-1-2-4-6(5)10-7;1-2-3-4/h1-4H,(H,8,9);3-4H,2H2,1H3. The fourth-order valence-corrected chi connectivity index (χ4v) is 1.97. The monoisotopic (exact) mass is 228 g/mol. The van der Waals surface area contributed by atoms with Gasteiger partial charge >= 0.3 is 0 Å². The second kappa shape index (κ2) is 5.98. The highest BCUT2D eigenvalue weighted by Gasteiger charge is 1.96. The minimum absolute atomic E-state index is 0.625. The highest BCUT2D eigenvalue weighted by atomic mass is 32.2. The summed E-state index contributed by atoms with van der Waals surface area (Å²) in [7, 11) is 0. The number of hydroxylamine groups is 1. The number of thiazole rings is 1. The van der Waals surface area contributed by atoms with Crippen molar-refractivity contribution in [1.29, 1.82) is 0 Å². The third kappa shape index (κ3) is 3.26. The number of hydrogen-bond donors (Lipinski definition) is 3. The molecule has 0 fully saturated rings. The van der Waals surface area contributed by atoms with Crippen LogP contribution in [0.5, 0.6) is 0 Å². The molecule has 2 N–H and O–H groups in total. The van der Waals surface area contributed by atoms with Gasteiger partial charge in [-0.05, 0) is 12.1 Å². The topological polar surface area (TPSA) is 45.1 Å². The summed E-state index contributed by atoms with van der Waals surface area (Å²) < 4.78 is 2.04. The highest BCUT2D eigenvalue weighted by molar-refractivity contribution is 7.82. The molecule has 0 radical (unpaired) electrons. The zero-order chi connectivity index (χ0) is 10.4. The van der Waals surface area contributed by atoms with Crippen LogP contribution >= 0.6 is 24.0 Å². The Morgan fingerprint density at radius 2 is 2.14 bits per heavy atom. The summed E-state index contributed by atoms with van der Waals surface area (Å²) >= 11 is 5.76. The Kier molecular flexibility index (Phi) is 4.89. The number of nitrogens with one attached hydrogen (secondary N) is 1. The van der Waals surface area contributed by atoms with Crippen molar-refractivity contribution in [1.82, 2.24) is 10.5 Å². The van der Waals surface area contributed by atoms with Crippen molar-refractivity contribution in [3.63, 3.8) is 0 Å². The Labute approximate surface area is 92.2 Å². The van der Waals surface area contributed by atoms with Crippen LogP contribution in [0.15, 0.2) is 28.6 Å². The zero-order valence-electron chi connectivity index (χ0n) is 7.77. The lowest BCUT2D eigenvalue weighted by Gasteiger charge is -1.80. The van der Waals surface area contributed by atoms with Crippen molar-refractivity contribution in [2.45, 2.75) is 11.3 Å². The first-order valence-electron chi connectivity index (χ1n) is 4.19. The molecule has 0 amide bonds. The largest absolute Gasteiger partial charge is 0.317 e. The Morgan fingerprint density at radius 3 is 2.71 bits per heavy atom. The molecule has 2 aromatic rings. The number of fused-ring (bicyclic) bond motifs is 1. The number of para-hydroxylation sites is 1. The molecule has 0 aliphatic carbocycles. The molecule has 0 saturated heterocycles. The number of rotatable bonds is 1. The first-order chi connectivity index (χ1) is 6.77. The molecule has 5 heteroatoms. The van der Waals surface area contributed by atoms with E-state index in [9.17, 15) is 0 Å². The fraction of sp³-hybridized carbons (Fsp3) is 0.222. The summed E-state index contributed by atoms with van der Waals surface area (Å²) in [6, 6.07) is 8.03. The van der Waals surface area contributed by atoms with Gasteiger partial charge in [-0.2, -0.15) is 0 Å². The van der Waals surface area contributed by atoms with Gasteiger partial charge in [0.15, 0.2) is 0 Å². The number of nitrogens with zero attached hydrogens (tertiary/aromatic N) is 1. The number of aromatic nitrogens is 1. The smallest absolute Gasteiger partial charge is 0.148 e. The normalized spacial score (nSPS) is 9.64. The second-order valence-electron chi connectivity index (χ2n) is 2.48. The third-order valence-corrected chi connectivity index (χ3v) is 2.65. The molecule has 0 unspecified atom stereocenters. The van der Waals surface area contributed by atoms with Gasteiger partial charge in [0.1, 0.15) is 4.34 Å². The SMILES string of the molecule is CCNO.Sc1nc2ccccc2s1. The van der Waals surface area contributed by atoms with Crippen LogP contribution in [0.4, 0.5) is 0 Å². The van der Waals surface area contributed by atoms with Crippen molar-refractivity contribution in [2.75, 3.05) is 6.54 Å². The summed E-state index contributed by atoms with van der Waals surface area (Å²) in [5, 5.41) is 7.62. The fourth-order valence-electron chi connectivity index (χ4n) is 0.860. The molecule has 2 rings (SSSR count). The van der Waals surface area contributed by atoms with Crippen LogP contribution < -0.4 is 5.48 Å². The molecule has 0 spiro atoms. The number of benzene rings is 1. The number of thiol groups is 1. The van der Waals surface area contributed by atoms with Crippen molar-refractivity contribution in [3.05, 3.63) is 24.3 Å². The average Bonchev–Trinajstić information content (AvgIpc) is 2.58. The maximum atomic E-state index is 7.62. The van der Waals surface area contributed by atoms with E-state index in [0.717, 1.165) is 9.86 Å². The van der Waals surface area contributed by atoms with Crippen molar-refractivity contribution >= 4 is 34.2 Å². The molecule has 0 aliphatic heterocycles. The van der Waals surface area contributed by atoms with Crippen LogP contribution in [0, 0.1) is 0 Å². The van der Waals surface area contributed by atoms with E-state index in [1.165, 1.54) is 4.70 Å². The molecule has 1 heterocycles. The average molecular weight is 228 g/mol. The van der Waals surface area contributed by atoms with Crippen molar-refractivity contribution in [3.8, 4) is 0 Å². The molecular formula is C9H12N2OS2. The predicted octanol–water partition coefficient (Wildman–Crippen LogP) is 2.57. The van der Waals surface area contributed by atoms with Crippen LogP contribution in [-0.2, 0) is 0 Å². The Bertz CT molecular complexity index is 354. The van der Waals surface area contributed by atoms with Crippen LogP contribution in [0.2, 0.25) is 0 Å². The van der Waals surface area contributed by atoms with Crippen molar-refractivity contribution < 1.29 is 5.21 Å². The maximum absolute atomic E-state index is 7.62. The predicted molar refractivity (Wildman–Crippen MR) is 62.3 cm³/mol. The quantitative estimate of drug-likeness (QED) is 0.519. The molecule has 0 aliphatic rings. The lowest BCUT2D eigenvalue weighted by atomic mass is 10.3. The van der Waals surface area contributed by atoms with E-state index in [4.69, 9.17) is 5.21 Å². The molecule has 0 atom stereocenters. The van der Waals surface area contributed by atoms with Crippen LogP contribution in [0.1, 0.15) is 6.92 Å². The first-order valence-corrected chi connectivity index (χ1v) is 5.45. The molecule has 1 aromatic heterocycles. The Hall–Kier alpha value is -0.620. The van der Waals surface area contributed by atoms with Gasteiger partial charge in [0.2, 0.25) is 0 Å². The Morgan fingerprint density at radius 1 is 1.50 bits per heavy atom. The summed E-state index contributed by atoms with van der Waals surface area (Å²) in [6.45, 7) is 2.44. The zero-order valence-corrected chi connectivity index (χ0v) is 9.48. The van der Waals surface area contributed by atoms with Gasteiger partial charge in [-0.15, -0.1) is 24.0 Å². The summed E-state index contributed by atoms with van der Waals surface area (Å²) in [4.78, 5) is 4.20. The molecule has 0 bridgehead atoms. The van der Waals surface area contributed by atoms with Crippen LogP contribution in [-0.4, -0.2) is 16.7 Å². The molecule has 0 saturated carbocycles. The molecular weight excluding hydrogens is 216 g/mol. The van der Waals surface area contributed by atoms with Crippen molar-refractivity contribution in [2.24, 2.45) is 0 Å². The maximum Gasteiger partial charge on any atom is 0.148 e. The van der Waals surface area contributed by atoms with E-state index in [2.05, 4.69) is 17.6 Å². The second-order valence-corrected chi connectivity index (χ2v) is 4.23. The van der Waals surface area contributed by atoms with Crippen LogP contribution in [0.3, 0.4) is 0 Å². The van der Waals surface area contributed by atoms with E-state index < -0.39 is 0 Å². The van der Waals surface area contributed by atoms with Gasteiger partial charge in [0.25, 0.3) is 0 Å². The van der Waals surface area contributed by atoms with Gasteiger partial charge in [-0.1, -0.05) is 19.1 Å². The first kappa shape index (κ1) is 11.5. The molecule has 14 heavy (non-hydrogen) atoms. The molecule has 76 valence electrons. The lowest BCUT2D eigenvalue weighted by Crippen LogP contribution is -2.02. The highest BCUT2D eigenvalue weighted by Crippen LogP contribution is 2.23. The van der Waals surface area contributed by atoms with E-state index in [1.54, 1.807) is 11.3 Å². The third-order valence-electron chi connectivity index (χ3n) is 1.44. The van der Waals surface area contributed by atoms with E-state index in [-0.39, 0.29) is 0 Å². The van der Waals surface area contributed by atoms with Crippen LogP contribution in [0.25, 0.3) is 10.2 Å². The lowest BCUT2D eigenvalue weighted by molar-refractivity contribution is 0.173. The number of hydrogen-bond acceptors (Lipinski definition) is 5. The van der Waals surface area contributed by atoms with E-state index in [1.807, 2.05) is 36.7 Å². The minimum Gasteiger partial charge on any atom is -0.317 e. The molecule has 1 aromatic carbocycles. The summed E-state index contributed by atoms with van der Waals surface area (Å²) in [6.07, 6.45) is 0. The minimum atomic E-state index is 0.625. The van der Waals surface area contributed by atoms with E-state index >= 15 is 0 Å². The summed E-state index contributed by atoms with van der Waals surface area (Å²) in [5.41, 5.74) is 2.97. The Balaban J connectivity index is 0.000000213. The molecule has 3 nitrogen and oxygen atoms in total. The van der Waals surface area contributed by atoms with Gasteiger partial charge in [0, 0.05) is 6.54 Å². The van der Waals surface area contributed by atoms with Gasteiger partial charge < -0.3 is 5.21 Å². The van der Waals surface area contributed by atoms with Gasteiger partial charge in [-0.3, -0.25) is 0 Å². The van der Waals surface area contributed by atoms with Gasteiger partial charge in [-0.25, -0.2) is 10.5 Å². The summed E-state index contributed by atoms with van der Waals surface area (Å²) in [5.74, 6) is 0. The van der Waals surface area contributed by atoms with Gasteiger partial charge in [0.05, 0.1) is 10.2 Å².